The molecular formula is C15H26N6O. The minimum Gasteiger partial charge on any atom is -0.349 e. The van der Waals surface area contributed by atoms with Gasteiger partial charge in [-0.15, -0.1) is 0 Å². The third-order valence-corrected chi connectivity index (χ3v) is 3.62. The van der Waals surface area contributed by atoms with Crippen LogP contribution < -0.4 is 15.1 Å². The first-order valence-electron chi connectivity index (χ1n) is 8.04. The summed E-state index contributed by atoms with van der Waals surface area (Å²) in [5.41, 5.74) is 0. The number of carbonyl (C=O) groups is 1. The second kappa shape index (κ2) is 7.91. The first-order valence-corrected chi connectivity index (χ1v) is 8.04. The number of amides is 1. The maximum atomic E-state index is 11.6. The van der Waals surface area contributed by atoms with Crippen LogP contribution in [0.5, 0.6) is 0 Å². The van der Waals surface area contributed by atoms with Crippen LogP contribution in [0.2, 0.25) is 0 Å². The highest BCUT2D eigenvalue weighted by Gasteiger charge is 2.17. The fourth-order valence-corrected chi connectivity index (χ4v) is 2.40. The molecule has 0 unspecified atom stereocenters. The molecule has 22 heavy (non-hydrogen) atoms. The largest absolute Gasteiger partial charge is 0.349 e. The Labute approximate surface area is 132 Å². The summed E-state index contributed by atoms with van der Waals surface area (Å²) in [6.07, 6.45) is 4.98. The molecule has 2 heterocycles. The van der Waals surface area contributed by atoms with Crippen molar-refractivity contribution in [2.75, 3.05) is 37.0 Å². The van der Waals surface area contributed by atoms with Gasteiger partial charge in [0.05, 0.1) is 6.54 Å². The third-order valence-electron chi connectivity index (χ3n) is 3.62. The molecule has 1 amide bonds. The summed E-state index contributed by atoms with van der Waals surface area (Å²) in [7, 11) is 3.82. The normalized spacial score (nSPS) is 14.8. The fraction of sp³-hybridized carbons (Fsp3) is 0.733. The number of piperidine rings is 1. The number of aromatic nitrogens is 3. The van der Waals surface area contributed by atoms with Crippen LogP contribution in [0.25, 0.3) is 0 Å². The average molecular weight is 306 g/mol. The van der Waals surface area contributed by atoms with Crippen molar-refractivity contribution in [3.05, 3.63) is 5.82 Å². The molecule has 0 atom stereocenters. The minimum atomic E-state index is 0.0360. The van der Waals surface area contributed by atoms with Crippen molar-refractivity contribution in [2.24, 2.45) is 0 Å². The Morgan fingerprint density at radius 3 is 2.55 bits per heavy atom. The Hall–Kier alpha value is -1.92. The zero-order valence-electron chi connectivity index (χ0n) is 13.8. The number of anilines is 2. The molecule has 1 fully saturated rings. The first kappa shape index (κ1) is 16.5. The zero-order valence-corrected chi connectivity index (χ0v) is 13.8. The number of hydrogen-bond acceptors (Lipinski definition) is 6. The fourth-order valence-electron chi connectivity index (χ4n) is 2.40. The summed E-state index contributed by atoms with van der Waals surface area (Å²) in [4.78, 5) is 29.2. The van der Waals surface area contributed by atoms with E-state index in [1.54, 1.807) is 0 Å². The lowest BCUT2D eigenvalue weighted by molar-refractivity contribution is -0.121. The number of hydrogen-bond donors (Lipinski definition) is 1. The molecule has 1 aliphatic heterocycles. The molecule has 2 rings (SSSR count). The summed E-state index contributed by atoms with van der Waals surface area (Å²) in [5, 5.41) is 2.87. The maximum absolute atomic E-state index is 11.6. The third kappa shape index (κ3) is 4.54. The summed E-state index contributed by atoms with van der Waals surface area (Å²) in [6, 6.07) is 0. The van der Waals surface area contributed by atoms with E-state index in [-0.39, 0.29) is 5.91 Å². The number of carbonyl (C=O) groups excluding carboxylic acids is 1. The van der Waals surface area contributed by atoms with Crippen molar-refractivity contribution >= 4 is 17.8 Å². The number of nitrogens with zero attached hydrogens (tertiary/aromatic N) is 5. The summed E-state index contributed by atoms with van der Waals surface area (Å²) >= 11 is 0. The molecule has 0 bridgehead atoms. The van der Waals surface area contributed by atoms with Crippen LogP contribution in [0.3, 0.4) is 0 Å². The summed E-state index contributed by atoms with van der Waals surface area (Å²) < 4.78 is 0. The van der Waals surface area contributed by atoms with Gasteiger partial charge >= 0.3 is 0 Å². The molecule has 122 valence electrons. The van der Waals surface area contributed by atoms with Gasteiger partial charge in [0.25, 0.3) is 0 Å². The van der Waals surface area contributed by atoms with E-state index in [9.17, 15) is 4.79 Å². The Balaban J connectivity index is 2.13. The van der Waals surface area contributed by atoms with Crippen LogP contribution in [0.4, 0.5) is 11.9 Å². The van der Waals surface area contributed by atoms with Gasteiger partial charge in [-0.25, -0.2) is 0 Å². The van der Waals surface area contributed by atoms with Gasteiger partial charge < -0.3 is 15.1 Å². The molecule has 7 nitrogen and oxygen atoms in total. The van der Waals surface area contributed by atoms with Crippen molar-refractivity contribution in [3.8, 4) is 0 Å². The van der Waals surface area contributed by atoms with E-state index in [0.717, 1.165) is 25.5 Å². The van der Waals surface area contributed by atoms with Gasteiger partial charge in [0, 0.05) is 33.6 Å². The van der Waals surface area contributed by atoms with E-state index in [1.807, 2.05) is 25.9 Å². The second-order valence-electron chi connectivity index (χ2n) is 5.82. The van der Waals surface area contributed by atoms with E-state index < -0.39 is 0 Å². The Morgan fingerprint density at radius 1 is 1.18 bits per heavy atom. The molecular weight excluding hydrogens is 280 g/mol. The second-order valence-corrected chi connectivity index (χ2v) is 5.82. The molecule has 0 aromatic carbocycles. The van der Waals surface area contributed by atoms with Crippen LogP contribution in [-0.2, 0) is 11.3 Å². The van der Waals surface area contributed by atoms with Crippen LogP contribution >= 0.6 is 0 Å². The lowest BCUT2D eigenvalue weighted by Gasteiger charge is -2.27. The van der Waals surface area contributed by atoms with E-state index in [1.165, 1.54) is 19.3 Å². The molecule has 0 aliphatic carbocycles. The molecule has 0 saturated carbocycles. The van der Waals surface area contributed by atoms with Gasteiger partial charge in [-0.3, -0.25) is 4.79 Å². The van der Waals surface area contributed by atoms with Gasteiger partial charge in [0.15, 0.2) is 5.82 Å². The highest BCUT2D eigenvalue weighted by molar-refractivity contribution is 5.75. The first-order chi connectivity index (χ1) is 10.6. The molecule has 1 aromatic heterocycles. The van der Waals surface area contributed by atoms with E-state index in [2.05, 4.69) is 25.2 Å². The molecule has 0 radical (unpaired) electrons. The molecule has 1 aromatic rings. The van der Waals surface area contributed by atoms with Gasteiger partial charge in [-0.1, -0.05) is 6.92 Å². The zero-order chi connectivity index (χ0) is 15.9. The van der Waals surface area contributed by atoms with Crippen LogP contribution in [0.15, 0.2) is 0 Å². The van der Waals surface area contributed by atoms with Gasteiger partial charge in [-0.2, -0.15) is 15.0 Å². The van der Waals surface area contributed by atoms with Crippen molar-refractivity contribution in [2.45, 2.75) is 45.6 Å². The summed E-state index contributed by atoms with van der Waals surface area (Å²) in [5.74, 6) is 2.01. The van der Waals surface area contributed by atoms with Gasteiger partial charge in [0.1, 0.15) is 0 Å². The van der Waals surface area contributed by atoms with Gasteiger partial charge in [0.2, 0.25) is 17.8 Å². The molecule has 7 heteroatoms. The van der Waals surface area contributed by atoms with Crippen LogP contribution in [0, 0.1) is 0 Å². The summed E-state index contributed by atoms with van der Waals surface area (Å²) in [6.45, 7) is 4.31. The average Bonchev–Trinajstić information content (AvgIpc) is 2.54. The van der Waals surface area contributed by atoms with E-state index in [4.69, 9.17) is 0 Å². The maximum Gasteiger partial charge on any atom is 0.230 e. The Kier molecular flexibility index (Phi) is 5.91. The topological polar surface area (TPSA) is 74.2 Å². The van der Waals surface area contributed by atoms with Crippen molar-refractivity contribution < 1.29 is 4.79 Å². The SMILES string of the molecule is CCCC(=O)NCc1nc(N(C)C)nc(N2CCCCC2)n1. The molecule has 1 aliphatic rings. The van der Waals surface area contributed by atoms with Crippen LogP contribution in [-0.4, -0.2) is 48.0 Å². The number of nitrogens with one attached hydrogen (secondary N) is 1. The van der Waals surface area contributed by atoms with Crippen molar-refractivity contribution in [1.29, 1.82) is 0 Å². The highest BCUT2D eigenvalue weighted by atomic mass is 16.1. The van der Waals surface area contributed by atoms with E-state index >= 15 is 0 Å². The molecule has 0 spiro atoms. The Bertz CT molecular complexity index is 499. The monoisotopic (exact) mass is 306 g/mol. The molecule has 1 saturated heterocycles. The predicted molar refractivity (Wildman–Crippen MR) is 87.0 cm³/mol. The van der Waals surface area contributed by atoms with Gasteiger partial charge in [-0.05, 0) is 25.7 Å². The van der Waals surface area contributed by atoms with E-state index in [0.29, 0.717) is 24.7 Å². The lowest BCUT2D eigenvalue weighted by atomic mass is 10.1. The highest BCUT2D eigenvalue weighted by Crippen LogP contribution is 2.17. The standard InChI is InChI=1S/C15H26N6O/c1-4-8-13(22)16-11-12-17-14(20(2)3)19-15(18-12)21-9-6-5-7-10-21/h4-11H2,1-3H3,(H,16,22). The smallest absolute Gasteiger partial charge is 0.230 e. The van der Waals surface area contributed by atoms with Crippen molar-refractivity contribution in [1.82, 2.24) is 20.3 Å². The Morgan fingerprint density at radius 2 is 1.91 bits per heavy atom. The minimum absolute atomic E-state index is 0.0360. The van der Waals surface area contributed by atoms with Crippen molar-refractivity contribution in [3.63, 3.8) is 0 Å². The quantitative estimate of drug-likeness (QED) is 0.855. The predicted octanol–water partition coefficient (Wildman–Crippen LogP) is 1.34. The number of rotatable bonds is 6. The van der Waals surface area contributed by atoms with Crippen LogP contribution in [0.1, 0.15) is 44.9 Å². The lowest BCUT2D eigenvalue weighted by Crippen LogP contribution is -2.32. The molecule has 1 N–H and O–H groups in total.